The molecule has 0 heterocycles. The van der Waals surface area contributed by atoms with Crippen LogP contribution in [0.4, 0.5) is 0 Å². The van der Waals surface area contributed by atoms with E-state index in [1.54, 1.807) is 0 Å². The minimum absolute atomic E-state index is 0.196. The predicted molar refractivity (Wildman–Crippen MR) is 118 cm³/mol. The highest BCUT2D eigenvalue weighted by Crippen LogP contribution is 2.26. The van der Waals surface area contributed by atoms with Crippen LogP contribution < -0.4 is 0 Å². The summed E-state index contributed by atoms with van der Waals surface area (Å²) in [5.41, 5.74) is 3.14. The summed E-state index contributed by atoms with van der Waals surface area (Å²) in [5, 5.41) is 0. The van der Waals surface area contributed by atoms with Gasteiger partial charge in [0.2, 0.25) is 0 Å². The Hall–Kier alpha value is -3.07. The van der Waals surface area contributed by atoms with Gasteiger partial charge in [-0.25, -0.2) is 0 Å². The van der Waals surface area contributed by atoms with Crippen LogP contribution in [0.25, 0.3) is 0 Å². The zero-order chi connectivity index (χ0) is 20.9. The Morgan fingerprint density at radius 1 is 0.897 bits per heavy atom. The van der Waals surface area contributed by atoms with Crippen molar-refractivity contribution >= 4 is 5.97 Å². The van der Waals surface area contributed by atoms with Crippen molar-refractivity contribution in [2.75, 3.05) is 6.61 Å². The molecule has 2 aromatic carbocycles. The molecule has 0 aromatic heterocycles. The fourth-order valence-corrected chi connectivity index (χ4v) is 2.94. The first-order valence-corrected chi connectivity index (χ1v) is 10.1. The normalized spacial score (nSPS) is 13.3. The zero-order valence-electron chi connectivity index (χ0n) is 17.5. The van der Waals surface area contributed by atoms with Crippen molar-refractivity contribution in [3.05, 3.63) is 107 Å². The van der Waals surface area contributed by atoms with Gasteiger partial charge in [-0.15, -0.1) is 0 Å². The molecular weight excluding hydrogens is 360 g/mol. The molecule has 2 aromatic rings. The quantitative estimate of drug-likeness (QED) is 0.269. The molecule has 1 atom stereocenters. The molecule has 0 radical (unpaired) electrons. The van der Waals surface area contributed by atoms with E-state index in [9.17, 15) is 4.79 Å². The molecule has 0 aliphatic heterocycles. The number of esters is 1. The third-order valence-corrected chi connectivity index (χ3v) is 4.58. The molecule has 0 fully saturated rings. The predicted octanol–water partition coefficient (Wildman–Crippen LogP) is 6.35. The van der Waals surface area contributed by atoms with Gasteiger partial charge in [0.05, 0.1) is 12.5 Å². The Morgan fingerprint density at radius 2 is 1.55 bits per heavy atom. The summed E-state index contributed by atoms with van der Waals surface area (Å²) in [6.07, 6.45) is 8.50. The van der Waals surface area contributed by atoms with Gasteiger partial charge in [0, 0.05) is 0 Å². The lowest BCUT2D eigenvalue weighted by Crippen LogP contribution is -2.16. The molecule has 3 nitrogen and oxygen atoms in total. The lowest BCUT2D eigenvalue weighted by Gasteiger charge is -2.16. The van der Waals surface area contributed by atoms with Gasteiger partial charge in [0.15, 0.2) is 0 Å². The first kappa shape index (κ1) is 22.2. The molecule has 0 N–H and O–H groups in total. The smallest absolute Gasteiger partial charge is 0.313 e. The summed E-state index contributed by atoms with van der Waals surface area (Å²) < 4.78 is 11.2. The van der Waals surface area contributed by atoms with Crippen LogP contribution in [0.5, 0.6) is 0 Å². The molecule has 152 valence electrons. The van der Waals surface area contributed by atoms with Gasteiger partial charge >= 0.3 is 5.97 Å². The van der Waals surface area contributed by atoms with E-state index in [1.807, 2.05) is 106 Å². The number of carbonyl (C=O) groups excluding carboxylic acids is 1. The highest BCUT2D eigenvalue weighted by atomic mass is 16.5. The Balaban J connectivity index is 2.06. The van der Waals surface area contributed by atoms with E-state index in [1.165, 1.54) is 0 Å². The van der Waals surface area contributed by atoms with Crippen molar-refractivity contribution in [3.63, 3.8) is 0 Å². The standard InChI is InChI=1S/C26H30O3/c1-4-21(17-18-24(5-2)29-20-22-13-9-7-10-14-22)19-25(26(27)28-6-3)23-15-11-8-12-16-23/h4-5,7-18,25H,6,19-20H2,1-3H3/b18-17-,21-4+,24-5+. The second-order valence-corrected chi connectivity index (χ2v) is 6.58. The lowest BCUT2D eigenvalue weighted by molar-refractivity contribution is -0.144. The summed E-state index contributed by atoms with van der Waals surface area (Å²) in [5.74, 6) is 0.268. The fourth-order valence-electron chi connectivity index (χ4n) is 2.94. The minimum Gasteiger partial charge on any atom is -0.489 e. The van der Waals surface area contributed by atoms with E-state index >= 15 is 0 Å². The summed E-state index contributed by atoms with van der Waals surface area (Å²) in [6, 6.07) is 19.9. The second-order valence-electron chi connectivity index (χ2n) is 6.58. The van der Waals surface area contributed by atoms with Crippen LogP contribution >= 0.6 is 0 Å². The fraction of sp³-hybridized carbons (Fsp3) is 0.269. The van der Waals surface area contributed by atoms with E-state index in [4.69, 9.17) is 9.47 Å². The molecule has 0 saturated carbocycles. The summed E-state index contributed by atoms with van der Waals surface area (Å²) >= 11 is 0. The Kier molecular flexibility index (Phi) is 9.50. The molecule has 0 saturated heterocycles. The first-order chi connectivity index (χ1) is 14.2. The molecule has 1 unspecified atom stereocenters. The van der Waals surface area contributed by atoms with Gasteiger partial charge in [-0.05, 0) is 50.5 Å². The molecule has 29 heavy (non-hydrogen) atoms. The van der Waals surface area contributed by atoms with Gasteiger partial charge in [-0.3, -0.25) is 4.79 Å². The van der Waals surface area contributed by atoms with Gasteiger partial charge in [0.25, 0.3) is 0 Å². The Labute approximate surface area is 174 Å². The van der Waals surface area contributed by atoms with E-state index in [-0.39, 0.29) is 11.9 Å². The number of ether oxygens (including phenoxy) is 2. The van der Waals surface area contributed by atoms with Gasteiger partial charge in [-0.1, -0.05) is 78.4 Å². The first-order valence-electron chi connectivity index (χ1n) is 10.1. The van der Waals surface area contributed by atoms with Crippen molar-refractivity contribution < 1.29 is 14.3 Å². The van der Waals surface area contributed by atoms with Gasteiger partial charge in [0.1, 0.15) is 12.4 Å². The third-order valence-electron chi connectivity index (χ3n) is 4.58. The molecule has 2 rings (SSSR count). The van der Waals surface area contributed by atoms with E-state index < -0.39 is 0 Å². The lowest BCUT2D eigenvalue weighted by atomic mass is 9.91. The Morgan fingerprint density at radius 3 is 2.14 bits per heavy atom. The molecule has 0 amide bonds. The van der Waals surface area contributed by atoms with E-state index in [0.29, 0.717) is 19.6 Å². The number of benzene rings is 2. The SMILES string of the molecule is C\C=C(/C=C\C(=C/C)OCc1ccccc1)CC(C(=O)OCC)c1ccccc1. The van der Waals surface area contributed by atoms with Crippen LogP contribution in [0.15, 0.2) is 96.3 Å². The topological polar surface area (TPSA) is 35.5 Å². The highest BCUT2D eigenvalue weighted by molar-refractivity contribution is 5.78. The number of carbonyl (C=O) groups is 1. The van der Waals surface area contributed by atoms with Crippen molar-refractivity contribution in [3.8, 4) is 0 Å². The van der Waals surface area contributed by atoms with Crippen molar-refractivity contribution in [1.29, 1.82) is 0 Å². The number of rotatable bonds is 10. The van der Waals surface area contributed by atoms with Crippen LogP contribution in [0, 0.1) is 0 Å². The monoisotopic (exact) mass is 390 g/mol. The van der Waals surface area contributed by atoms with Gasteiger partial charge < -0.3 is 9.47 Å². The highest BCUT2D eigenvalue weighted by Gasteiger charge is 2.22. The largest absolute Gasteiger partial charge is 0.489 e. The maximum absolute atomic E-state index is 12.5. The molecule has 0 bridgehead atoms. The van der Waals surface area contributed by atoms with Crippen LogP contribution in [0.2, 0.25) is 0 Å². The molecule has 0 spiro atoms. The van der Waals surface area contributed by atoms with Crippen molar-refractivity contribution in [2.24, 2.45) is 0 Å². The van der Waals surface area contributed by atoms with E-state index in [0.717, 1.165) is 22.5 Å². The molecule has 0 aliphatic rings. The average Bonchev–Trinajstić information content (AvgIpc) is 2.77. The molecule has 0 aliphatic carbocycles. The summed E-state index contributed by atoms with van der Waals surface area (Å²) in [7, 11) is 0. The minimum atomic E-state index is -0.328. The number of hydrogen-bond acceptors (Lipinski definition) is 3. The maximum Gasteiger partial charge on any atom is 0.313 e. The van der Waals surface area contributed by atoms with Crippen molar-refractivity contribution in [2.45, 2.75) is 39.7 Å². The molecular formula is C26H30O3. The Bertz CT molecular complexity index is 833. The van der Waals surface area contributed by atoms with Gasteiger partial charge in [-0.2, -0.15) is 0 Å². The second kappa shape index (κ2) is 12.4. The average molecular weight is 391 g/mol. The van der Waals surface area contributed by atoms with Crippen LogP contribution in [-0.2, 0) is 20.9 Å². The maximum atomic E-state index is 12.5. The molecule has 3 heteroatoms. The number of hydrogen-bond donors (Lipinski definition) is 0. The zero-order valence-corrected chi connectivity index (χ0v) is 17.5. The van der Waals surface area contributed by atoms with Crippen LogP contribution in [0.3, 0.4) is 0 Å². The summed E-state index contributed by atoms with van der Waals surface area (Å²) in [6.45, 7) is 6.65. The third kappa shape index (κ3) is 7.46. The van der Waals surface area contributed by atoms with Crippen LogP contribution in [0.1, 0.15) is 44.2 Å². The van der Waals surface area contributed by atoms with E-state index in [2.05, 4.69) is 0 Å². The van der Waals surface area contributed by atoms with Crippen LogP contribution in [-0.4, -0.2) is 12.6 Å². The number of allylic oxidation sites excluding steroid dienone is 5. The summed E-state index contributed by atoms with van der Waals surface area (Å²) in [4.78, 5) is 12.5. The van der Waals surface area contributed by atoms with Crippen molar-refractivity contribution in [1.82, 2.24) is 0 Å².